The highest BCUT2D eigenvalue weighted by Crippen LogP contribution is 1.89. The van der Waals surface area contributed by atoms with Crippen LogP contribution >= 0.6 is 0 Å². The van der Waals surface area contributed by atoms with Gasteiger partial charge in [-0.2, -0.15) is 0 Å². The first kappa shape index (κ1) is 11.3. The van der Waals surface area contributed by atoms with Gasteiger partial charge in [0, 0.05) is 0 Å². The molecule has 0 radical (unpaired) electrons. The SMILES string of the molecule is CCC=CC=C(C)C.O. The Morgan fingerprint density at radius 3 is 2.22 bits per heavy atom. The molecule has 0 saturated carbocycles. The molecule has 0 amide bonds. The van der Waals surface area contributed by atoms with Crippen molar-refractivity contribution in [2.75, 3.05) is 0 Å². The van der Waals surface area contributed by atoms with E-state index < -0.39 is 0 Å². The van der Waals surface area contributed by atoms with E-state index in [0.717, 1.165) is 6.42 Å². The maximum Gasteiger partial charge on any atom is -0.0376 e. The Morgan fingerprint density at radius 2 is 1.89 bits per heavy atom. The molecular weight excluding hydrogens is 112 g/mol. The molecule has 0 aromatic rings. The zero-order chi connectivity index (χ0) is 6.41. The molecule has 0 unspecified atom stereocenters. The molecule has 1 heteroatoms. The molecule has 0 fully saturated rings. The van der Waals surface area contributed by atoms with Crippen molar-refractivity contribution >= 4 is 0 Å². The number of hydrogen-bond donors (Lipinski definition) is 0. The number of rotatable bonds is 2. The minimum absolute atomic E-state index is 0. The van der Waals surface area contributed by atoms with Gasteiger partial charge >= 0.3 is 0 Å². The molecule has 0 aromatic heterocycles. The summed E-state index contributed by atoms with van der Waals surface area (Å²) in [6, 6.07) is 0. The smallest absolute Gasteiger partial charge is 0.0376 e. The molecule has 1 nitrogen and oxygen atoms in total. The van der Waals surface area contributed by atoms with E-state index in [2.05, 4.69) is 39.0 Å². The van der Waals surface area contributed by atoms with E-state index in [-0.39, 0.29) is 5.48 Å². The van der Waals surface area contributed by atoms with E-state index in [1.165, 1.54) is 5.57 Å². The molecule has 0 atom stereocenters. The van der Waals surface area contributed by atoms with Crippen LogP contribution in [-0.4, -0.2) is 5.48 Å². The first-order valence-electron chi connectivity index (χ1n) is 3.07. The van der Waals surface area contributed by atoms with E-state index in [1.807, 2.05) is 0 Å². The quantitative estimate of drug-likeness (QED) is 0.510. The van der Waals surface area contributed by atoms with Gasteiger partial charge in [0.05, 0.1) is 0 Å². The van der Waals surface area contributed by atoms with Crippen LogP contribution in [-0.2, 0) is 0 Å². The first-order chi connectivity index (χ1) is 3.77. The average molecular weight is 128 g/mol. The van der Waals surface area contributed by atoms with Crippen molar-refractivity contribution in [3.05, 3.63) is 23.8 Å². The van der Waals surface area contributed by atoms with Crippen LogP contribution in [0.5, 0.6) is 0 Å². The van der Waals surface area contributed by atoms with Crippen LogP contribution in [0.15, 0.2) is 23.8 Å². The van der Waals surface area contributed by atoms with Crippen molar-refractivity contribution < 1.29 is 5.48 Å². The normalized spacial score (nSPS) is 8.78. The van der Waals surface area contributed by atoms with Crippen LogP contribution in [0.4, 0.5) is 0 Å². The van der Waals surface area contributed by atoms with Gasteiger partial charge in [-0.15, -0.1) is 0 Å². The Bertz CT molecular complexity index is 97.1. The Labute approximate surface area is 57.4 Å². The van der Waals surface area contributed by atoms with Crippen LogP contribution in [0.2, 0.25) is 0 Å². The third-order valence-electron chi connectivity index (χ3n) is 0.801. The summed E-state index contributed by atoms with van der Waals surface area (Å²) in [7, 11) is 0. The summed E-state index contributed by atoms with van der Waals surface area (Å²) < 4.78 is 0. The summed E-state index contributed by atoms with van der Waals surface area (Å²) >= 11 is 0. The van der Waals surface area contributed by atoms with Crippen molar-refractivity contribution in [2.24, 2.45) is 0 Å². The Kier molecular flexibility index (Phi) is 9.31. The monoisotopic (exact) mass is 128 g/mol. The van der Waals surface area contributed by atoms with Gasteiger partial charge in [-0.3, -0.25) is 0 Å². The third kappa shape index (κ3) is 11.2. The van der Waals surface area contributed by atoms with Gasteiger partial charge in [-0.05, 0) is 20.3 Å². The van der Waals surface area contributed by atoms with Gasteiger partial charge in [0.2, 0.25) is 0 Å². The molecule has 54 valence electrons. The molecule has 0 saturated heterocycles. The maximum absolute atomic E-state index is 2.15. The standard InChI is InChI=1S/C8H14.H2O/c1-4-5-6-7-8(2)3;/h5-7H,4H2,1-3H3;1H2. The number of allylic oxidation sites excluding steroid dienone is 4. The molecular formula is C8H16O. The van der Waals surface area contributed by atoms with E-state index in [9.17, 15) is 0 Å². The highest BCUT2D eigenvalue weighted by atomic mass is 16.0. The second-order valence-corrected chi connectivity index (χ2v) is 2.08. The fourth-order valence-corrected chi connectivity index (χ4v) is 0.397. The lowest BCUT2D eigenvalue weighted by molar-refractivity contribution is 0.824. The van der Waals surface area contributed by atoms with Crippen LogP contribution in [0.1, 0.15) is 27.2 Å². The molecule has 2 N–H and O–H groups in total. The zero-order valence-electron chi connectivity index (χ0n) is 6.44. The molecule has 0 spiro atoms. The second-order valence-electron chi connectivity index (χ2n) is 2.08. The molecule has 0 bridgehead atoms. The van der Waals surface area contributed by atoms with Crippen LogP contribution in [0.3, 0.4) is 0 Å². The van der Waals surface area contributed by atoms with Crippen LogP contribution in [0.25, 0.3) is 0 Å². The summed E-state index contributed by atoms with van der Waals surface area (Å²) in [6.07, 6.45) is 7.48. The van der Waals surface area contributed by atoms with E-state index in [1.54, 1.807) is 0 Å². The van der Waals surface area contributed by atoms with E-state index in [4.69, 9.17) is 0 Å². The summed E-state index contributed by atoms with van der Waals surface area (Å²) in [5, 5.41) is 0. The molecule has 9 heavy (non-hydrogen) atoms. The minimum Gasteiger partial charge on any atom is -0.412 e. The van der Waals surface area contributed by atoms with Crippen molar-refractivity contribution in [1.29, 1.82) is 0 Å². The van der Waals surface area contributed by atoms with Gasteiger partial charge in [0.25, 0.3) is 0 Å². The van der Waals surface area contributed by atoms with Crippen LogP contribution in [0, 0.1) is 0 Å². The lowest BCUT2D eigenvalue weighted by Crippen LogP contribution is -1.58. The van der Waals surface area contributed by atoms with Gasteiger partial charge < -0.3 is 5.48 Å². The molecule has 0 aliphatic carbocycles. The zero-order valence-corrected chi connectivity index (χ0v) is 6.44. The minimum atomic E-state index is 0. The van der Waals surface area contributed by atoms with Crippen molar-refractivity contribution in [1.82, 2.24) is 0 Å². The van der Waals surface area contributed by atoms with Gasteiger partial charge in [0.15, 0.2) is 0 Å². The highest BCUT2D eigenvalue weighted by Gasteiger charge is 1.67. The maximum atomic E-state index is 2.15. The lowest BCUT2D eigenvalue weighted by atomic mass is 10.3. The molecule has 0 aliphatic rings. The first-order valence-corrected chi connectivity index (χ1v) is 3.07. The Hall–Kier alpha value is -0.560. The summed E-state index contributed by atoms with van der Waals surface area (Å²) in [4.78, 5) is 0. The topological polar surface area (TPSA) is 31.5 Å². The van der Waals surface area contributed by atoms with Gasteiger partial charge in [0.1, 0.15) is 0 Å². The van der Waals surface area contributed by atoms with Crippen molar-refractivity contribution in [3.63, 3.8) is 0 Å². The summed E-state index contributed by atoms with van der Waals surface area (Å²) in [6.45, 7) is 6.33. The highest BCUT2D eigenvalue weighted by molar-refractivity contribution is 5.07. The second kappa shape index (κ2) is 7.44. The Balaban J connectivity index is 0. The largest absolute Gasteiger partial charge is 0.412 e. The third-order valence-corrected chi connectivity index (χ3v) is 0.801. The fourth-order valence-electron chi connectivity index (χ4n) is 0.397. The van der Waals surface area contributed by atoms with E-state index >= 15 is 0 Å². The molecule has 0 aromatic carbocycles. The molecule has 0 aliphatic heterocycles. The summed E-state index contributed by atoms with van der Waals surface area (Å²) in [5.41, 5.74) is 1.36. The van der Waals surface area contributed by atoms with Crippen molar-refractivity contribution in [3.8, 4) is 0 Å². The van der Waals surface area contributed by atoms with Gasteiger partial charge in [-0.1, -0.05) is 30.7 Å². The number of hydrogen-bond acceptors (Lipinski definition) is 0. The lowest BCUT2D eigenvalue weighted by Gasteiger charge is -1.80. The van der Waals surface area contributed by atoms with Crippen molar-refractivity contribution in [2.45, 2.75) is 27.2 Å². The van der Waals surface area contributed by atoms with Crippen LogP contribution < -0.4 is 0 Å². The average Bonchev–Trinajstić information content (AvgIpc) is 1.66. The van der Waals surface area contributed by atoms with E-state index in [0.29, 0.717) is 0 Å². The predicted octanol–water partition coefficient (Wildman–Crippen LogP) is 2.09. The predicted molar refractivity (Wildman–Crippen MR) is 42.5 cm³/mol. The summed E-state index contributed by atoms with van der Waals surface area (Å²) in [5.74, 6) is 0. The van der Waals surface area contributed by atoms with Gasteiger partial charge in [-0.25, -0.2) is 0 Å². The molecule has 0 heterocycles. The fraction of sp³-hybridized carbons (Fsp3) is 0.500. The Morgan fingerprint density at radius 1 is 1.33 bits per heavy atom. The molecule has 0 rings (SSSR count).